The number of hydrogen-bond acceptors (Lipinski definition) is 8. The van der Waals surface area contributed by atoms with Crippen molar-refractivity contribution in [1.82, 2.24) is 19.9 Å². The van der Waals surface area contributed by atoms with E-state index < -0.39 is 0 Å². The van der Waals surface area contributed by atoms with Gasteiger partial charge in [0.05, 0.1) is 36.3 Å². The third kappa shape index (κ3) is 4.21. The summed E-state index contributed by atoms with van der Waals surface area (Å²) in [6.45, 7) is 2.70. The summed E-state index contributed by atoms with van der Waals surface area (Å²) in [7, 11) is 0. The van der Waals surface area contributed by atoms with Crippen molar-refractivity contribution in [2.75, 3.05) is 42.3 Å². The number of nitrogens with one attached hydrogen (secondary N) is 1. The molecule has 1 fully saturated rings. The normalized spacial score (nSPS) is 14.0. The van der Waals surface area contributed by atoms with Gasteiger partial charge < -0.3 is 20.7 Å². The van der Waals surface area contributed by atoms with Crippen molar-refractivity contribution in [2.24, 2.45) is 0 Å². The molecule has 8 nitrogen and oxygen atoms in total. The van der Waals surface area contributed by atoms with Gasteiger partial charge in [-0.1, -0.05) is 29.8 Å². The van der Waals surface area contributed by atoms with E-state index in [4.69, 9.17) is 32.0 Å². The summed E-state index contributed by atoms with van der Waals surface area (Å²) in [4.78, 5) is 20.3. The first-order valence-electron chi connectivity index (χ1n) is 9.92. The SMILES string of the molecule is Nc1ccc(-c2cc(Nc3cnc4ccccc4c3)nc(N3CCOCC3)n2)c(Cl)n1. The fourth-order valence-corrected chi connectivity index (χ4v) is 3.73. The van der Waals surface area contributed by atoms with Gasteiger partial charge in [-0.15, -0.1) is 0 Å². The number of fused-ring (bicyclic) bond motifs is 1. The Hall–Kier alpha value is -3.49. The predicted molar refractivity (Wildman–Crippen MR) is 123 cm³/mol. The van der Waals surface area contributed by atoms with Crippen molar-refractivity contribution in [1.29, 1.82) is 0 Å². The van der Waals surface area contributed by atoms with E-state index in [-0.39, 0.29) is 0 Å². The molecule has 9 heteroatoms. The topological polar surface area (TPSA) is 102 Å². The first kappa shape index (κ1) is 19.5. The number of para-hydroxylation sites is 1. The Bertz CT molecular complexity index is 1240. The molecule has 3 aromatic heterocycles. The van der Waals surface area contributed by atoms with Crippen LogP contribution in [-0.2, 0) is 4.74 Å². The van der Waals surface area contributed by atoms with Gasteiger partial charge in [-0.2, -0.15) is 4.98 Å². The number of nitrogen functional groups attached to an aromatic ring is 1. The number of halogens is 1. The van der Waals surface area contributed by atoms with E-state index in [0.29, 0.717) is 60.3 Å². The lowest BCUT2D eigenvalue weighted by Gasteiger charge is -2.27. The molecule has 1 saturated heterocycles. The van der Waals surface area contributed by atoms with Crippen LogP contribution in [0.2, 0.25) is 5.15 Å². The van der Waals surface area contributed by atoms with Crippen molar-refractivity contribution in [3.05, 3.63) is 59.9 Å². The van der Waals surface area contributed by atoms with E-state index in [1.807, 2.05) is 42.5 Å². The number of anilines is 4. The van der Waals surface area contributed by atoms with E-state index in [0.717, 1.165) is 16.6 Å². The van der Waals surface area contributed by atoms with E-state index in [2.05, 4.69) is 20.2 Å². The molecule has 0 atom stereocenters. The lowest BCUT2D eigenvalue weighted by atomic mass is 10.2. The van der Waals surface area contributed by atoms with E-state index in [1.165, 1.54) is 0 Å². The first-order chi connectivity index (χ1) is 15.2. The molecule has 0 aliphatic carbocycles. The smallest absolute Gasteiger partial charge is 0.228 e. The highest BCUT2D eigenvalue weighted by Crippen LogP contribution is 2.30. The molecule has 31 heavy (non-hydrogen) atoms. The molecule has 0 unspecified atom stereocenters. The number of ether oxygens (including phenoxy) is 1. The Kier molecular flexibility index (Phi) is 5.23. The van der Waals surface area contributed by atoms with Crippen LogP contribution in [0.25, 0.3) is 22.2 Å². The van der Waals surface area contributed by atoms with Crippen molar-refractivity contribution in [2.45, 2.75) is 0 Å². The van der Waals surface area contributed by atoms with Crippen LogP contribution in [0.15, 0.2) is 54.7 Å². The number of hydrogen-bond donors (Lipinski definition) is 2. The quantitative estimate of drug-likeness (QED) is 0.467. The van der Waals surface area contributed by atoms with Gasteiger partial charge in [-0.25, -0.2) is 9.97 Å². The Morgan fingerprint density at radius 1 is 1.00 bits per heavy atom. The van der Waals surface area contributed by atoms with E-state index in [1.54, 1.807) is 12.3 Å². The van der Waals surface area contributed by atoms with Crippen LogP contribution in [0.5, 0.6) is 0 Å². The fourth-order valence-electron chi connectivity index (χ4n) is 3.47. The minimum atomic E-state index is 0.296. The average molecular weight is 434 g/mol. The average Bonchev–Trinajstić information content (AvgIpc) is 2.79. The number of pyridine rings is 2. The highest BCUT2D eigenvalue weighted by Gasteiger charge is 2.18. The molecule has 3 N–H and O–H groups in total. The van der Waals surface area contributed by atoms with Crippen molar-refractivity contribution >= 4 is 45.8 Å². The minimum absolute atomic E-state index is 0.296. The zero-order valence-electron chi connectivity index (χ0n) is 16.6. The summed E-state index contributed by atoms with van der Waals surface area (Å²) < 4.78 is 5.47. The maximum atomic E-state index is 6.36. The lowest BCUT2D eigenvalue weighted by molar-refractivity contribution is 0.122. The Morgan fingerprint density at radius 2 is 1.84 bits per heavy atom. The summed E-state index contributed by atoms with van der Waals surface area (Å²) in [6.07, 6.45) is 1.79. The Balaban J connectivity index is 1.56. The zero-order chi connectivity index (χ0) is 21.2. The second-order valence-electron chi connectivity index (χ2n) is 7.15. The molecule has 0 amide bonds. The summed E-state index contributed by atoms with van der Waals surface area (Å²) >= 11 is 6.36. The van der Waals surface area contributed by atoms with Crippen LogP contribution in [0, 0.1) is 0 Å². The predicted octanol–water partition coefficient (Wildman–Crippen LogP) is 3.90. The molecule has 4 aromatic rings. The molecule has 0 spiro atoms. The van der Waals surface area contributed by atoms with Gasteiger partial charge in [0.2, 0.25) is 5.95 Å². The molecular formula is C22H20ClN7O. The third-order valence-electron chi connectivity index (χ3n) is 5.02. The monoisotopic (exact) mass is 433 g/mol. The van der Waals surface area contributed by atoms with Crippen LogP contribution in [0.4, 0.5) is 23.3 Å². The second kappa shape index (κ2) is 8.33. The molecule has 1 aromatic carbocycles. The molecule has 5 rings (SSSR count). The van der Waals surface area contributed by atoms with Crippen molar-refractivity contribution in [3.8, 4) is 11.3 Å². The molecular weight excluding hydrogens is 414 g/mol. The third-order valence-corrected chi connectivity index (χ3v) is 5.31. The van der Waals surface area contributed by atoms with E-state index >= 15 is 0 Å². The van der Waals surface area contributed by atoms with Gasteiger partial charge in [-0.3, -0.25) is 4.98 Å². The van der Waals surface area contributed by atoms with Crippen LogP contribution in [-0.4, -0.2) is 46.2 Å². The maximum absolute atomic E-state index is 6.36. The Labute approximate surface area is 184 Å². The molecule has 1 aliphatic heterocycles. The van der Waals surface area contributed by atoms with Crippen LogP contribution < -0.4 is 16.0 Å². The molecule has 156 valence electrons. The first-order valence-corrected chi connectivity index (χ1v) is 10.3. The van der Waals surface area contributed by atoms with Crippen molar-refractivity contribution < 1.29 is 4.74 Å². The number of aromatic nitrogens is 4. The Morgan fingerprint density at radius 3 is 2.68 bits per heavy atom. The summed E-state index contributed by atoms with van der Waals surface area (Å²) in [6, 6.07) is 15.4. The van der Waals surface area contributed by atoms with Gasteiger partial charge in [0.15, 0.2) is 0 Å². The maximum Gasteiger partial charge on any atom is 0.228 e. The summed E-state index contributed by atoms with van der Waals surface area (Å²) in [5.74, 6) is 1.60. The number of nitrogens with zero attached hydrogens (tertiary/aromatic N) is 5. The largest absolute Gasteiger partial charge is 0.384 e. The van der Waals surface area contributed by atoms with Crippen LogP contribution >= 0.6 is 11.6 Å². The lowest BCUT2D eigenvalue weighted by Crippen LogP contribution is -2.37. The van der Waals surface area contributed by atoms with Crippen LogP contribution in [0.1, 0.15) is 0 Å². The highest BCUT2D eigenvalue weighted by atomic mass is 35.5. The van der Waals surface area contributed by atoms with Gasteiger partial charge in [0, 0.05) is 30.1 Å². The van der Waals surface area contributed by atoms with Crippen molar-refractivity contribution in [3.63, 3.8) is 0 Å². The van der Waals surface area contributed by atoms with Gasteiger partial charge in [0.1, 0.15) is 16.8 Å². The van der Waals surface area contributed by atoms with Gasteiger partial charge in [-0.05, 0) is 24.3 Å². The highest BCUT2D eigenvalue weighted by molar-refractivity contribution is 6.32. The fraction of sp³-hybridized carbons (Fsp3) is 0.182. The summed E-state index contributed by atoms with van der Waals surface area (Å²) in [5.41, 5.74) is 8.87. The molecule has 0 bridgehead atoms. The van der Waals surface area contributed by atoms with Crippen LogP contribution in [0.3, 0.4) is 0 Å². The van der Waals surface area contributed by atoms with Gasteiger partial charge in [0.25, 0.3) is 0 Å². The molecule has 0 radical (unpaired) electrons. The molecule has 1 aliphatic rings. The standard InChI is InChI=1S/C22H20ClN7O/c23-21-16(5-6-19(24)28-21)18-12-20(29-22(27-18)30-7-9-31-10-8-30)26-15-11-14-3-1-2-4-17(14)25-13-15/h1-6,11-13H,7-10H2,(H2,24,28)(H,26,27,29). The number of nitrogens with two attached hydrogens (primary N) is 1. The van der Waals surface area contributed by atoms with E-state index in [9.17, 15) is 0 Å². The number of morpholine rings is 1. The van der Waals surface area contributed by atoms with Gasteiger partial charge >= 0.3 is 0 Å². The number of benzene rings is 1. The second-order valence-corrected chi connectivity index (χ2v) is 7.51. The summed E-state index contributed by atoms with van der Waals surface area (Å²) in [5, 5.41) is 4.70. The zero-order valence-corrected chi connectivity index (χ0v) is 17.4. The minimum Gasteiger partial charge on any atom is -0.384 e. The molecule has 0 saturated carbocycles. The molecule has 4 heterocycles. The number of rotatable bonds is 4.